The van der Waals surface area contributed by atoms with E-state index >= 15 is 0 Å². The van der Waals surface area contributed by atoms with Crippen LogP contribution in [-0.4, -0.2) is 33.6 Å². The molecule has 0 aliphatic carbocycles. The number of hydrogen-bond donors (Lipinski definition) is 1. The summed E-state index contributed by atoms with van der Waals surface area (Å²) in [5.41, 5.74) is 6.00. The summed E-state index contributed by atoms with van der Waals surface area (Å²) in [5, 5.41) is 10.1. The smallest absolute Gasteiger partial charge is 0.211 e. The van der Waals surface area contributed by atoms with Gasteiger partial charge in [0.05, 0.1) is 11.2 Å². The zero-order valence-electron chi connectivity index (χ0n) is 21.1. The van der Waals surface area contributed by atoms with Crippen LogP contribution in [0.15, 0.2) is 42.5 Å². The minimum Gasteiger partial charge on any atom is -0.316 e. The van der Waals surface area contributed by atoms with Gasteiger partial charge in [0.2, 0.25) is 5.13 Å². The lowest BCUT2D eigenvalue weighted by atomic mass is 9.93. The minimum absolute atomic E-state index is 0.129. The first kappa shape index (κ1) is 23.9. The second-order valence-electron chi connectivity index (χ2n) is 10.2. The van der Waals surface area contributed by atoms with Crippen LogP contribution in [0.3, 0.4) is 0 Å². The summed E-state index contributed by atoms with van der Waals surface area (Å²) >= 11 is 1.67. The predicted molar refractivity (Wildman–Crippen MR) is 145 cm³/mol. The van der Waals surface area contributed by atoms with Gasteiger partial charge in [-0.15, -0.1) is 0 Å². The first-order chi connectivity index (χ1) is 16.9. The molecule has 5 nitrogen and oxygen atoms in total. The van der Waals surface area contributed by atoms with Gasteiger partial charge in [0.15, 0.2) is 5.78 Å². The first-order valence-electron chi connectivity index (χ1n) is 12.7. The van der Waals surface area contributed by atoms with Crippen LogP contribution in [0.1, 0.15) is 71.9 Å². The number of fused-ring (bicyclic) bond motifs is 1. The van der Waals surface area contributed by atoms with Gasteiger partial charge in [-0.2, -0.15) is 5.10 Å². The maximum absolute atomic E-state index is 13.4. The number of carbonyl (C=O) groups is 1. The molecule has 0 amide bonds. The highest BCUT2D eigenvalue weighted by Crippen LogP contribution is 2.37. The van der Waals surface area contributed by atoms with E-state index < -0.39 is 0 Å². The molecule has 4 aromatic rings. The Morgan fingerprint density at radius 1 is 1.17 bits per heavy atom. The van der Waals surface area contributed by atoms with E-state index in [1.165, 1.54) is 23.3 Å². The van der Waals surface area contributed by atoms with E-state index in [1.807, 2.05) is 4.68 Å². The summed E-state index contributed by atoms with van der Waals surface area (Å²) in [6.07, 6.45) is 3.85. The molecule has 0 bridgehead atoms. The number of benzene rings is 2. The maximum atomic E-state index is 13.4. The van der Waals surface area contributed by atoms with E-state index in [4.69, 9.17) is 10.1 Å². The summed E-state index contributed by atoms with van der Waals surface area (Å²) in [7, 11) is 0. The lowest BCUT2D eigenvalue weighted by molar-refractivity contribution is 0.0967. The Kier molecular flexibility index (Phi) is 6.85. The summed E-state index contributed by atoms with van der Waals surface area (Å²) in [4.78, 5) is 19.7. The summed E-state index contributed by atoms with van der Waals surface area (Å²) < 4.78 is 1.89. The number of nitrogens with one attached hydrogen (secondary N) is 1. The topological polar surface area (TPSA) is 59.8 Å². The number of hydrogen-bond acceptors (Lipinski definition) is 5. The van der Waals surface area contributed by atoms with Crippen molar-refractivity contribution in [3.05, 3.63) is 64.2 Å². The molecule has 1 fully saturated rings. The van der Waals surface area contributed by atoms with Crippen LogP contribution in [0.25, 0.3) is 27.3 Å². The van der Waals surface area contributed by atoms with Gasteiger partial charge < -0.3 is 5.32 Å². The Hall–Kier alpha value is -2.83. The maximum Gasteiger partial charge on any atom is 0.211 e. The van der Waals surface area contributed by atoms with Gasteiger partial charge in [-0.1, -0.05) is 60.6 Å². The molecule has 2 aromatic carbocycles. The minimum atomic E-state index is 0.129. The van der Waals surface area contributed by atoms with Crippen molar-refractivity contribution in [3.8, 4) is 16.4 Å². The van der Waals surface area contributed by atoms with Gasteiger partial charge in [-0.05, 0) is 76.2 Å². The Morgan fingerprint density at radius 2 is 2.00 bits per heavy atom. The number of carbonyl (C=O) groups excluding carboxylic acids is 1. The first-order valence-corrected chi connectivity index (χ1v) is 13.5. The van der Waals surface area contributed by atoms with Gasteiger partial charge in [-0.3, -0.25) is 4.79 Å². The molecular weight excluding hydrogens is 452 g/mol. The van der Waals surface area contributed by atoms with Gasteiger partial charge in [0, 0.05) is 22.2 Å². The number of rotatable bonds is 7. The summed E-state index contributed by atoms with van der Waals surface area (Å²) in [6, 6.07) is 14.7. The zero-order valence-corrected chi connectivity index (χ0v) is 21.9. The summed E-state index contributed by atoms with van der Waals surface area (Å²) in [6.45, 7) is 10.7. The highest BCUT2D eigenvalue weighted by Gasteiger charge is 2.23. The van der Waals surface area contributed by atoms with E-state index in [2.05, 4.69) is 75.5 Å². The highest BCUT2D eigenvalue weighted by atomic mass is 32.1. The Balaban J connectivity index is 1.54. The third-order valence-electron chi connectivity index (χ3n) is 6.92. The molecule has 3 heterocycles. The fraction of sp³-hybridized carbons (Fsp3) is 0.414. The van der Waals surface area contributed by atoms with Gasteiger partial charge in [-0.25, -0.2) is 9.67 Å². The highest BCUT2D eigenvalue weighted by molar-refractivity contribution is 7.14. The lowest BCUT2D eigenvalue weighted by Gasteiger charge is -2.22. The molecule has 1 atom stereocenters. The average molecular weight is 487 g/mol. The van der Waals surface area contributed by atoms with Crippen LogP contribution < -0.4 is 5.32 Å². The molecule has 182 valence electrons. The molecule has 35 heavy (non-hydrogen) atoms. The Morgan fingerprint density at radius 3 is 2.74 bits per heavy atom. The quantitative estimate of drug-likeness (QED) is 0.290. The van der Waals surface area contributed by atoms with E-state index in [9.17, 15) is 4.79 Å². The molecular formula is C29H34N4OS. The van der Waals surface area contributed by atoms with Crippen molar-refractivity contribution in [1.29, 1.82) is 0 Å². The number of aromatic nitrogens is 3. The molecule has 5 rings (SSSR count). The molecule has 0 saturated carbocycles. The van der Waals surface area contributed by atoms with Gasteiger partial charge in [0.1, 0.15) is 5.69 Å². The van der Waals surface area contributed by atoms with Crippen LogP contribution in [-0.2, 0) is 0 Å². The van der Waals surface area contributed by atoms with Crippen molar-refractivity contribution in [3.63, 3.8) is 0 Å². The van der Waals surface area contributed by atoms with Crippen LogP contribution in [0.5, 0.6) is 0 Å². The number of Topliss-reactive ketones (excluding diaryl/α,β-unsaturated/α-hetero) is 1. The number of ketones is 1. The van der Waals surface area contributed by atoms with E-state index in [1.54, 1.807) is 11.3 Å². The van der Waals surface area contributed by atoms with E-state index in [0.717, 1.165) is 52.4 Å². The molecule has 0 spiro atoms. The molecule has 0 radical (unpaired) electrons. The molecule has 6 heteroatoms. The standard InChI is InChI=1S/C29H34N4OS/c1-18(2)28-26(22-9-5-7-19(3)15-22)31-29(35-28)33-24-12-10-20(4)16-23(24)27(32-33)25(34)13-11-21-8-6-14-30-17-21/h5,7,9-10,12,15-16,18,21,30H,6,8,11,13-14,17H2,1-4H3. The SMILES string of the molecule is Cc1cccc(-c2nc(-n3nc(C(=O)CCC4CCCNC4)c4cc(C)ccc43)sc2C(C)C)c1. The second kappa shape index (κ2) is 10.0. The fourth-order valence-electron chi connectivity index (χ4n) is 5.01. The van der Waals surface area contributed by atoms with Crippen molar-refractivity contribution in [2.24, 2.45) is 5.92 Å². The third-order valence-corrected chi connectivity index (χ3v) is 8.25. The second-order valence-corrected chi connectivity index (χ2v) is 11.2. The van der Waals surface area contributed by atoms with E-state index in [-0.39, 0.29) is 5.78 Å². The van der Waals surface area contributed by atoms with E-state index in [0.29, 0.717) is 24.0 Å². The van der Waals surface area contributed by atoms with Gasteiger partial charge in [0.25, 0.3) is 0 Å². The van der Waals surface area contributed by atoms with Crippen molar-refractivity contribution in [1.82, 2.24) is 20.1 Å². The van der Waals surface area contributed by atoms with Crippen LogP contribution >= 0.6 is 11.3 Å². The number of nitrogens with zero attached hydrogens (tertiary/aromatic N) is 3. The molecule has 2 aromatic heterocycles. The Bertz CT molecular complexity index is 1360. The molecule has 1 aliphatic heterocycles. The predicted octanol–water partition coefficient (Wildman–Crippen LogP) is 6.85. The van der Waals surface area contributed by atoms with Crippen LogP contribution in [0.2, 0.25) is 0 Å². The van der Waals surface area contributed by atoms with Gasteiger partial charge >= 0.3 is 0 Å². The van der Waals surface area contributed by atoms with Crippen LogP contribution in [0.4, 0.5) is 0 Å². The van der Waals surface area contributed by atoms with Crippen molar-refractivity contribution in [2.45, 2.75) is 59.3 Å². The zero-order chi connectivity index (χ0) is 24.5. The van der Waals surface area contributed by atoms with Crippen molar-refractivity contribution in [2.75, 3.05) is 13.1 Å². The average Bonchev–Trinajstić information content (AvgIpc) is 3.45. The van der Waals surface area contributed by atoms with Crippen molar-refractivity contribution < 1.29 is 4.79 Å². The third kappa shape index (κ3) is 4.95. The monoisotopic (exact) mass is 486 g/mol. The lowest BCUT2D eigenvalue weighted by Crippen LogP contribution is -2.30. The molecule has 1 N–H and O–H groups in total. The fourth-order valence-corrected chi connectivity index (χ4v) is 6.06. The number of aryl methyl sites for hydroxylation is 2. The molecule has 1 aliphatic rings. The summed E-state index contributed by atoms with van der Waals surface area (Å²) in [5.74, 6) is 1.04. The largest absolute Gasteiger partial charge is 0.316 e. The Labute approximate surface area is 211 Å². The number of piperidine rings is 1. The van der Waals surface area contributed by atoms with Crippen LogP contribution in [0, 0.1) is 19.8 Å². The normalized spacial score (nSPS) is 16.3. The molecule has 1 saturated heterocycles. The number of thiazole rings is 1. The molecule has 1 unspecified atom stereocenters. The van der Waals surface area contributed by atoms with Crippen molar-refractivity contribution >= 4 is 28.0 Å².